The van der Waals surface area contributed by atoms with Gasteiger partial charge in [-0.3, -0.25) is 10.1 Å². The van der Waals surface area contributed by atoms with Crippen molar-refractivity contribution >= 4 is 33.1 Å². The van der Waals surface area contributed by atoms with Crippen molar-refractivity contribution < 1.29 is 12.8 Å². The van der Waals surface area contributed by atoms with Crippen molar-refractivity contribution in [2.45, 2.75) is 51.0 Å². The summed E-state index contributed by atoms with van der Waals surface area (Å²) < 4.78 is 42.7. The Labute approximate surface area is 182 Å². The van der Waals surface area contributed by atoms with Gasteiger partial charge in [0.25, 0.3) is 10.0 Å². The van der Waals surface area contributed by atoms with E-state index in [9.17, 15) is 12.8 Å². The van der Waals surface area contributed by atoms with E-state index in [0.29, 0.717) is 18.1 Å². The zero-order chi connectivity index (χ0) is 22.3. The minimum Gasteiger partial charge on any atom is -0.333 e. The summed E-state index contributed by atoms with van der Waals surface area (Å²) in [7, 11) is -3.95. The van der Waals surface area contributed by atoms with Crippen LogP contribution in [0.25, 0.3) is 0 Å². The molecule has 0 fully saturated rings. The number of benzene rings is 2. The predicted molar refractivity (Wildman–Crippen MR) is 119 cm³/mol. The van der Waals surface area contributed by atoms with E-state index in [2.05, 4.69) is 15.2 Å². The highest BCUT2D eigenvalue weighted by Crippen LogP contribution is 2.30. The van der Waals surface area contributed by atoms with E-state index < -0.39 is 15.8 Å². The molecule has 2 aromatic rings. The third-order valence-electron chi connectivity index (χ3n) is 4.90. The topological polar surface area (TPSA) is 73.8 Å². The number of rotatable bonds is 5. The molecule has 2 aromatic carbocycles. The molecule has 9 heteroatoms. The lowest BCUT2D eigenvalue weighted by Crippen LogP contribution is -2.36. The monoisotopic (exact) mass is 452 g/mol. The molecule has 0 aromatic heterocycles. The molecule has 1 aliphatic rings. The van der Waals surface area contributed by atoms with Crippen molar-refractivity contribution in [2.75, 3.05) is 11.4 Å². The van der Waals surface area contributed by atoms with E-state index in [4.69, 9.17) is 11.6 Å². The smallest absolute Gasteiger partial charge is 0.261 e. The number of hydrogen-bond acceptors (Lipinski definition) is 5. The van der Waals surface area contributed by atoms with E-state index in [1.807, 2.05) is 39.5 Å². The van der Waals surface area contributed by atoms with E-state index in [1.54, 1.807) is 24.3 Å². The molecule has 0 amide bonds. The fourth-order valence-corrected chi connectivity index (χ4v) is 4.36. The minimum atomic E-state index is -3.95. The summed E-state index contributed by atoms with van der Waals surface area (Å²) in [5, 5.41) is 4.15. The summed E-state index contributed by atoms with van der Waals surface area (Å²) in [6.45, 7) is 10.6. The maximum absolute atomic E-state index is 14.2. The van der Waals surface area contributed by atoms with Gasteiger partial charge in [0.15, 0.2) is 5.84 Å². The Hall–Kier alpha value is -2.32. The molecule has 162 valence electrons. The van der Waals surface area contributed by atoms with Crippen molar-refractivity contribution in [1.82, 2.24) is 10.3 Å². The molecule has 0 spiro atoms. The number of anilines is 1. The molecule has 0 aliphatic carbocycles. The maximum atomic E-state index is 14.2. The molecule has 0 saturated heterocycles. The van der Waals surface area contributed by atoms with Crippen LogP contribution in [0.2, 0.25) is 5.02 Å². The van der Waals surface area contributed by atoms with Crippen molar-refractivity contribution in [2.24, 2.45) is 5.10 Å². The van der Waals surface area contributed by atoms with Crippen molar-refractivity contribution in [1.29, 1.82) is 0 Å². The lowest BCUT2D eigenvalue weighted by molar-refractivity contribution is 0.357. The number of sulfonamides is 1. The second kappa shape index (κ2) is 8.07. The van der Waals surface area contributed by atoms with E-state index in [-0.39, 0.29) is 27.1 Å². The van der Waals surface area contributed by atoms with Crippen molar-refractivity contribution in [3.63, 3.8) is 0 Å². The first kappa shape index (κ1) is 22.4. The highest BCUT2D eigenvalue weighted by Gasteiger charge is 2.27. The summed E-state index contributed by atoms with van der Waals surface area (Å²) in [6.07, 6.45) is 0. The quantitative estimate of drug-likeness (QED) is 0.700. The lowest BCUT2D eigenvalue weighted by atomic mass is 9.87. The summed E-state index contributed by atoms with van der Waals surface area (Å²) in [5.41, 5.74) is 4.26. The Kier molecular flexibility index (Phi) is 6.02. The van der Waals surface area contributed by atoms with E-state index >= 15 is 0 Å². The number of hydrogen-bond donors (Lipinski definition) is 2. The molecule has 3 rings (SSSR count). The van der Waals surface area contributed by atoms with Crippen LogP contribution in [0.5, 0.6) is 0 Å². The molecule has 0 unspecified atom stereocenters. The molecule has 1 aliphatic heterocycles. The fourth-order valence-electron chi connectivity index (χ4n) is 3.12. The first-order chi connectivity index (χ1) is 13.9. The highest BCUT2D eigenvalue weighted by molar-refractivity contribution is 7.92. The third-order valence-corrected chi connectivity index (χ3v) is 6.57. The fraction of sp³-hybridized carbons (Fsp3) is 0.381. The van der Waals surface area contributed by atoms with Crippen LogP contribution in [0.4, 0.5) is 10.1 Å². The van der Waals surface area contributed by atoms with Gasteiger partial charge in [-0.25, -0.2) is 12.8 Å². The van der Waals surface area contributed by atoms with Gasteiger partial charge >= 0.3 is 0 Å². The maximum Gasteiger partial charge on any atom is 0.261 e. The Balaban J connectivity index is 2.01. The molecular weight excluding hydrogens is 427 g/mol. The molecule has 0 saturated carbocycles. The summed E-state index contributed by atoms with van der Waals surface area (Å²) >= 11 is 5.99. The molecule has 0 atom stereocenters. The van der Waals surface area contributed by atoms with Crippen LogP contribution < -0.4 is 10.1 Å². The minimum absolute atomic E-state index is 0.0740. The number of halogens is 2. The Morgan fingerprint density at radius 2 is 1.83 bits per heavy atom. The average molecular weight is 453 g/mol. The number of nitrogens with one attached hydrogen (secondary N) is 2. The Bertz CT molecular complexity index is 1080. The van der Waals surface area contributed by atoms with Gasteiger partial charge in [-0.1, -0.05) is 44.5 Å². The van der Waals surface area contributed by atoms with Gasteiger partial charge in [-0.15, -0.1) is 0 Å². The van der Waals surface area contributed by atoms with Crippen LogP contribution in [-0.2, 0) is 15.4 Å². The largest absolute Gasteiger partial charge is 0.333 e. The molecule has 1 heterocycles. The van der Waals surface area contributed by atoms with Gasteiger partial charge in [0, 0.05) is 17.7 Å². The van der Waals surface area contributed by atoms with Crippen LogP contribution in [-0.4, -0.2) is 31.9 Å². The van der Waals surface area contributed by atoms with Gasteiger partial charge in [0.1, 0.15) is 12.5 Å². The second-order valence-electron chi connectivity index (χ2n) is 8.51. The summed E-state index contributed by atoms with van der Waals surface area (Å²) in [6, 6.07) is 9.22. The van der Waals surface area contributed by atoms with Crippen LogP contribution in [0, 0.1) is 5.82 Å². The van der Waals surface area contributed by atoms with Gasteiger partial charge in [-0.05, 0) is 43.0 Å². The first-order valence-corrected chi connectivity index (χ1v) is 11.5. The Morgan fingerprint density at radius 3 is 2.40 bits per heavy atom. The number of nitrogens with zero attached hydrogens (tertiary/aromatic N) is 2. The average Bonchev–Trinajstić information content (AvgIpc) is 3.13. The van der Waals surface area contributed by atoms with E-state index in [1.165, 1.54) is 6.07 Å². The Morgan fingerprint density at radius 1 is 1.20 bits per heavy atom. The molecule has 6 nitrogen and oxygen atoms in total. The lowest BCUT2D eigenvalue weighted by Gasteiger charge is -2.25. The summed E-state index contributed by atoms with van der Waals surface area (Å²) in [4.78, 5) is 2.02. The molecule has 0 bridgehead atoms. The number of amidine groups is 1. The van der Waals surface area contributed by atoms with Gasteiger partial charge < -0.3 is 4.90 Å². The molecule has 2 N–H and O–H groups in total. The number of hydrazone groups is 1. The standard InChI is InChI=1S/C21H26ClFN4O2S/c1-13(2)27-12-24-25-20(27)16-10-17(22)18(23)11-19(16)26-30(28,29)15-8-6-14(7-9-15)21(3,4)5/h6-11,13,24,26H,12H2,1-5H3. The zero-order valence-electron chi connectivity index (χ0n) is 17.6. The molecule has 30 heavy (non-hydrogen) atoms. The normalized spacial score (nSPS) is 14.7. The van der Waals surface area contributed by atoms with Crippen LogP contribution in [0.1, 0.15) is 45.7 Å². The van der Waals surface area contributed by atoms with Gasteiger partial charge in [0.05, 0.1) is 15.6 Å². The zero-order valence-corrected chi connectivity index (χ0v) is 19.2. The van der Waals surface area contributed by atoms with Crippen LogP contribution in [0.15, 0.2) is 46.4 Å². The van der Waals surface area contributed by atoms with Crippen LogP contribution in [0.3, 0.4) is 0 Å². The first-order valence-electron chi connectivity index (χ1n) is 9.60. The van der Waals surface area contributed by atoms with Crippen LogP contribution >= 0.6 is 11.6 Å². The summed E-state index contributed by atoms with van der Waals surface area (Å²) in [5.74, 6) is -0.225. The van der Waals surface area contributed by atoms with Crippen molar-refractivity contribution in [3.8, 4) is 0 Å². The second-order valence-corrected chi connectivity index (χ2v) is 10.6. The highest BCUT2D eigenvalue weighted by atomic mass is 35.5. The third kappa shape index (κ3) is 4.54. The van der Waals surface area contributed by atoms with Crippen molar-refractivity contribution in [3.05, 3.63) is 58.4 Å². The SMILES string of the molecule is CC(C)N1CNN=C1c1cc(Cl)c(F)cc1NS(=O)(=O)c1ccc(C(C)(C)C)cc1. The van der Waals surface area contributed by atoms with Gasteiger partial charge in [-0.2, -0.15) is 5.10 Å². The predicted octanol–water partition coefficient (Wildman–Crippen LogP) is 4.51. The van der Waals surface area contributed by atoms with Gasteiger partial charge in [0.2, 0.25) is 0 Å². The van der Waals surface area contributed by atoms with E-state index in [0.717, 1.165) is 11.6 Å². The molecule has 0 radical (unpaired) electrons. The molecular formula is C21H26ClFN4O2S.